The first-order chi connectivity index (χ1) is 8.19. The Labute approximate surface area is 109 Å². The zero-order valence-corrected chi connectivity index (χ0v) is 12.1. The minimum atomic E-state index is 0.419. The molecule has 0 spiro atoms. The van der Waals surface area contributed by atoms with Gasteiger partial charge in [0.2, 0.25) is 0 Å². The van der Waals surface area contributed by atoms with Gasteiger partial charge in [-0.3, -0.25) is 0 Å². The van der Waals surface area contributed by atoms with E-state index in [9.17, 15) is 0 Å². The molecule has 0 fully saturated rings. The predicted molar refractivity (Wildman–Crippen MR) is 75.3 cm³/mol. The fourth-order valence-electron chi connectivity index (χ4n) is 1.86. The molecule has 17 heavy (non-hydrogen) atoms. The molecule has 2 nitrogen and oxygen atoms in total. The van der Waals surface area contributed by atoms with E-state index in [1.54, 1.807) is 0 Å². The van der Waals surface area contributed by atoms with Crippen LogP contribution >= 0.6 is 11.3 Å². The van der Waals surface area contributed by atoms with Crippen molar-refractivity contribution >= 4 is 11.3 Å². The lowest BCUT2D eigenvalue weighted by Gasteiger charge is -2.16. The maximum Gasteiger partial charge on any atom is 0.0900 e. The van der Waals surface area contributed by atoms with Gasteiger partial charge in [0, 0.05) is 17.3 Å². The van der Waals surface area contributed by atoms with E-state index in [-0.39, 0.29) is 0 Å². The van der Waals surface area contributed by atoms with E-state index in [0.29, 0.717) is 6.04 Å². The molecule has 1 rings (SSSR count). The minimum absolute atomic E-state index is 0.419. The molecule has 0 saturated heterocycles. The molecule has 94 valence electrons. The SMILES string of the molecule is CC#CCCC(NCCC)c1sc(C)nc1C. The van der Waals surface area contributed by atoms with Gasteiger partial charge in [-0.2, -0.15) is 0 Å². The summed E-state index contributed by atoms with van der Waals surface area (Å²) in [5.41, 5.74) is 1.17. The van der Waals surface area contributed by atoms with Crippen LogP contribution in [0.25, 0.3) is 0 Å². The third-order valence-corrected chi connectivity index (χ3v) is 3.82. The van der Waals surface area contributed by atoms with Crippen LogP contribution in [0.4, 0.5) is 0 Å². The molecule has 0 bridgehead atoms. The van der Waals surface area contributed by atoms with Crippen molar-refractivity contribution < 1.29 is 0 Å². The average Bonchev–Trinajstić information content (AvgIpc) is 2.63. The molecule has 1 N–H and O–H groups in total. The van der Waals surface area contributed by atoms with Gasteiger partial charge in [0.15, 0.2) is 0 Å². The van der Waals surface area contributed by atoms with E-state index in [2.05, 4.69) is 42.9 Å². The number of hydrogen-bond donors (Lipinski definition) is 1. The lowest BCUT2D eigenvalue weighted by Crippen LogP contribution is -2.21. The number of aromatic nitrogens is 1. The highest BCUT2D eigenvalue weighted by Gasteiger charge is 2.16. The summed E-state index contributed by atoms with van der Waals surface area (Å²) in [5.74, 6) is 6.11. The quantitative estimate of drug-likeness (QED) is 0.780. The predicted octanol–water partition coefficient (Wildman–Crippen LogP) is 3.60. The topological polar surface area (TPSA) is 24.9 Å². The van der Waals surface area contributed by atoms with Crippen LogP contribution in [0.3, 0.4) is 0 Å². The Kier molecular flexibility index (Phi) is 6.25. The Hall–Kier alpha value is -0.850. The molecule has 0 aliphatic rings. The fraction of sp³-hybridized carbons (Fsp3) is 0.643. The number of hydrogen-bond acceptors (Lipinski definition) is 3. The molecule has 1 unspecified atom stereocenters. The molecule has 0 aliphatic carbocycles. The van der Waals surface area contributed by atoms with Gasteiger partial charge >= 0.3 is 0 Å². The minimum Gasteiger partial charge on any atom is -0.309 e. The summed E-state index contributed by atoms with van der Waals surface area (Å²) in [5, 5.41) is 4.76. The van der Waals surface area contributed by atoms with E-state index >= 15 is 0 Å². The lowest BCUT2D eigenvalue weighted by molar-refractivity contribution is 0.510. The van der Waals surface area contributed by atoms with Gasteiger partial charge < -0.3 is 5.32 Å². The van der Waals surface area contributed by atoms with E-state index < -0.39 is 0 Å². The molecule has 1 atom stereocenters. The third kappa shape index (κ3) is 4.49. The van der Waals surface area contributed by atoms with Gasteiger partial charge in [-0.05, 0) is 40.2 Å². The molecule has 1 aromatic rings. The molecular formula is C14H22N2S. The number of nitrogens with one attached hydrogen (secondary N) is 1. The van der Waals surface area contributed by atoms with Crippen molar-refractivity contribution in [2.45, 2.75) is 53.0 Å². The van der Waals surface area contributed by atoms with Crippen LogP contribution in [-0.2, 0) is 0 Å². The Morgan fingerprint density at radius 2 is 2.18 bits per heavy atom. The molecule has 1 heterocycles. The maximum absolute atomic E-state index is 4.51. The summed E-state index contributed by atoms with van der Waals surface area (Å²) < 4.78 is 0. The highest BCUT2D eigenvalue weighted by atomic mass is 32.1. The second-order valence-electron chi connectivity index (χ2n) is 4.15. The summed E-state index contributed by atoms with van der Waals surface area (Å²) in [6, 6.07) is 0.419. The fourth-order valence-corrected chi connectivity index (χ4v) is 2.89. The number of thiazole rings is 1. The maximum atomic E-state index is 4.51. The summed E-state index contributed by atoms with van der Waals surface area (Å²) in [6.07, 6.45) is 3.18. The van der Waals surface area contributed by atoms with Gasteiger partial charge in [-0.25, -0.2) is 4.98 Å². The lowest BCUT2D eigenvalue weighted by atomic mass is 10.1. The Morgan fingerprint density at radius 3 is 2.71 bits per heavy atom. The van der Waals surface area contributed by atoms with Crippen LogP contribution in [0.5, 0.6) is 0 Å². The van der Waals surface area contributed by atoms with Crippen molar-refractivity contribution in [1.29, 1.82) is 0 Å². The second kappa shape index (κ2) is 7.47. The summed E-state index contributed by atoms with van der Waals surface area (Å²) in [6.45, 7) is 9.33. The van der Waals surface area contributed by atoms with Crippen molar-refractivity contribution in [2.24, 2.45) is 0 Å². The van der Waals surface area contributed by atoms with Crippen LogP contribution in [0.15, 0.2) is 0 Å². The third-order valence-electron chi connectivity index (χ3n) is 2.63. The normalized spacial score (nSPS) is 12.0. The van der Waals surface area contributed by atoms with Gasteiger partial charge in [-0.15, -0.1) is 23.2 Å². The van der Waals surface area contributed by atoms with Gasteiger partial charge in [0.05, 0.1) is 10.7 Å². The van der Waals surface area contributed by atoms with Crippen molar-refractivity contribution in [3.8, 4) is 11.8 Å². The summed E-state index contributed by atoms with van der Waals surface area (Å²) in [7, 11) is 0. The Balaban J connectivity index is 2.72. The highest BCUT2D eigenvalue weighted by molar-refractivity contribution is 7.11. The summed E-state index contributed by atoms with van der Waals surface area (Å²) in [4.78, 5) is 5.89. The molecule has 3 heteroatoms. The van der Waals surface area contributed by atoms with Crippen LogP contribution in [-0.4, -0.2) is 11.5 Å². The van der Waals surface area contributed by atoms with Crippen LogP contribution in [0.1, 0.15) is 54.7 Å². The monoisotopic (exact) mass is 250 g/mol. The summed E-state index contributed by atoms with van der Waals surface area (Å²) >= 11 is 1.81. The van der Waals surface area contributed by atoms with E-state index in [4.69, 9.17) is 0 Å². The van der Waals surface area contributed by atoms with Crippen molar-refractivity contribution in [1.82, 2.24) is 10.3 Å². The number of nitrogens with zero attached hydrogens (tertiary/aromatic N) is 1. The Bertz CT molecular complexity index is 398. The molecule has 0 radical (unpaired) electrons. The Morgan fingerprint density at radius 1 is 1.41 bits per heavy atom. The molecule has 0 amide bonds. The molecule has 1 aromatic heterocycles. The highest BCUT2D eigenvalue weighted by Crippen LogP contribution is 2.27. The van der Waals surface area contributed by atoms with Gasteiger partial charge in [0.1, 0.15) is 0 Å². The standard InChI is InChI=1S/C14H22N2S/c1-5-7-8-9-13(15-10-6-2)14-11(3)16-12(4)17-14/h13,15H,6,8-10H2,1-4H3. The zero-order chi connectivity index (χ0) is 12.7. The van der Waals surface area contributed by atoms with Crippen molar-refractivity contribution in [3.05, 3.63) is 15.6 Å². The average molecular weight is 250 g/mol. The molecule has 0 saturated carbocycles. The van der Waals surface area contributed by atoms with Crippen molar-refractivity contribution in [2.75, 3.05) is 6.54 Å². The first-order valence-electron chi connectivity index (χ1n) is 6.26. The van der Waals surface area contributed by atoms with E-state index in [0.717, 1.165) is 30.8 Å². The zero-order valence-electron chi connectivity index (χ0n) is 11.3. The smallest absolute Gasteiger partial charge is 0.0900 e. The number of rotatable bonds is 6. The van der Waals surface area contributed by atoms with Crippen LogP contribution in [0.2, 0.25) is 0 Å². The van der Waals surface area contributed by atoms with E-state index in [1.165, 1.54) is 10.6 Å². The molecular weight excluding hydrogens is 228 g/mol. The van der Waals surface area contributed by atoms with Crippen LogP contribution in [0, 0.1) is 25.7 Å². The molecule has 0 aliphatic heterocycles. The largest absolute Gasteiger partial charge is 0.309 e. The molecule has 0 aromatic carbocycles. The first kappa shape index (κ1) is 14.2. The second-order valence-corrected chi connectivity index (χ2v) is 5.39. The first-order valence-corrected chi connectivity index (χ1v) is 7.07. The van der Waals surface area contributed by atoms with Crippen LogP contribution < -0.4 is 5.32 Å². The number of aryl methyl sites for hydroxylation is 2. The van der Waals surface area contributed by atoms with Crippen molar-refractivity contribution in [3.63, 3.8) is 0 Å². The van der Waals surface area contributed by atoms with E-state index in [1.807, 2.05) is 18.3 Å². The van der Waals surface area contributed by atoms with Gasteiger partial charge in [-0.1, -0.05) is 6.92 Å². The van der Waals surface area contributed by atoms with Gasteiger partial charge in [0.25, 0.3) is 0 Å².